The van der Waals surface area contributed by atoms with Crippen molar-refractivity contribution in [1.82, 2.24) is 19.8 Å². The van der Waals surface area contributed by atoms with E-state index in [-0.39, 0.29) is 53.7 Å². The summed E-state index contributed by atoms with van der Waals surface area (Å²) in [5.41, 5.74) is -0.777. The average molecular weight is 623 g/mol. The summed E-state index contributed by atoms with van der Waals surface area (Å²) >= 11 is 0. The van der Waals surface area contributed by atoms with Gasteiger partial charge in [0.2, 0.25) is 5.91 Å². The number of nitrogens with zero attached hydrogens (tertiary/aromatic N) is 3. The topological polar surface area (TPSA) is 149 Å². The van der Waals surface area contributed by atoms with Gasteiger partial charge in [-0.2, -0.15) is 4.98 Å². The lowest BCUT2D eigenvalue weighted by molar-refractivity contribution is -0.152. The Morgan fingerprint density at radius 2 is 1.91 bits per heavy atom. The molecule has 0 unspecified atom stereocenters. The van der Waals surface area contributed by atoms with Crippen molar-refractivity contribution in [3.63, 3.8) is 0 Å². The zero-order valence-corrected chi connectivity index (χ0v) is 26.3. The number of esters is 1. The molecule has 3 heterocycles. The molecule has 1 aromatic heterocycles. The number of phenols is 1. The summed E-state index contributed by atoms with van der Waals surface area (Å²) in [6.45, 7) is 5.78. The Balaban J connectivity index is 1.53. The van der Waals surface area contributed by atoms with E-state index >= 15 is 0 Å². The minimum atomic E-state index is -1.03. The van der Waals surface area contributed by atoms with Gasteiger partial charge >= 0.3 is 12.1 Å². The Hall–Kier alpha value is -4.27. The Labute approximate surface area is 262 Å². The van der Waals surface area contributed by atoms with Crippen molar-refractivity contribution in [2.75, 3.05) is 13.7 Å². The fourth-order valence-electron chi connectivity index (χ4n) is 6.74. The van der Waals surface area contributed by atoms with Gasteiger partial charge in [0.15, 0.2) is 0 Å². The first-order valence-electron chi connectivity index (χ1n) is 15.6. The third-order valence-electron chi connectivity index (χ3n) is 9.15. The van der Waals surface area contributed by atoms with Gasteiger partial charge in [-0.1, -0.05) is 33.6 Å². The molecule has 1 saturated heterocycles. The lowest BCUT2D eigenvalue weighted by atomic mass is 9.85. The van der Waals surface area contributed by atoms with Gasteiger partial charge in [0.05, 0.1) is 24.6 Å². The number of benzene rings is 1. The molecule has 12 nitrogen and oxygen atoms in total. The van der Waals surface area contributed by atoms with Crippen molar-refractivity contribution in [3.05, 3.63) is 28.6 Å². The largest absolute Gasteiger partial charge is 0.508 e. The summed E-state index contributed by atoms with van der Waals surface area (Å²) in [6.07, 6.45) is 8.42. The van der Waals surface area contributed by atoms with Crippen molar-refractivity contribution in [2.45, 2.75) is 96.6 Å². The van der Waals surface area contributed by atoms with Crippen molar-refractivity contribution in [2.24, 2.45) is 17.3 Å². The lowest BCUT2D eigenvalue weighted by Crippen LogP contribution is -2.57. The van der Waals surface area contributed by atoms with E-state index in [4.69, 9.17) is 20.6 Å². The molecule has 0 radical (unpaired) electrons. The highest BCUT2D eigenvalue weighted by Gasteiger charge is 2.47. The number of hydrogen-bond donors (Lipinski definition) is 2. The molecule has 1 saturated carbocycles. The maximum absolute atomic E-state index is 14.1. The van der Waals surface area contributed by atoms with Crippen LogP contribution >= 0.6 is 0 Å². The van der Waals surface area contributed by atoms with Gasteiger partial charge < -0.3 is 29.5 Å². The summed E-state index contributed by atoms with van der Waals surface area (Å²) in [7, 11) is 1.24. The number of methoxy groups -OCH3 is 1. The second-order valence-corrected chi connectivity index (χ2v) is 13.4. The molecule has 2 fully saturated rings. The predicted molar refractivity (Wildman–Crippen MR) is 164 cm³/mol. The fraction of sp³-hybridized carbons (Fsp3) is 0.606. The Bertz CT molecular complexity index is 1560. The van der Waals surface area contributed by atoms with Crippen molar-refractivity contribution in [1.29, 1.82) is 0 Å². The number of nitrogens with one attached hydrogen (secondary N) is 1. The number of amides is 2. The Kier molecular flexibility index (Phi) is 9.28. The van der Waals surface area contributed by atoms with Gasteiger partial charge in [-0.15, -0.1) is 12.3 Å². The standard InChI is InChI=1S/C33H42N4O8/c1-6-19-14-20-10-8-7-9-13-36-28(39)23-12-11-21(38)16-24(23)34-31(36)44-22-17-25(30(41)43-5)37(18-22)29(40)27(33(2,3)4)35-32(42)45-26(20)15-19/h1,11-12,16,19-20,22,25-27,38H,7-10,13-15,17-18H2,2-5H3,(H,35,42)/t19-,20-,22-,25+,26-,27-/m1/s1. The third kappa shape index (κ3) is 6.87. The molecule has 1 aliphatic carbocycles. The second-order valence-electron chi connectivity index (χ2n) is 13.4. The smallest absolute Gasteiger partial charge is 0.408 e. The van der Waals surface area contributed by atoms with Crippen LogP contribution in [0.1, 0.15) is 65.7 Å². The molecule has 45 heavy (non-hydrogen) atoms. The van der Waals surface area contributed by atoms with Crippen LogP contribution < -0.4 is 15.6 Å². The van der Waals surface area contributed by atoms with E-state index in [0.29, 0.717) is 24.8 Å². The Morgan fingerprint density at radius 3 is 2.62 bits per heavy atom. The highest BCUT2D eigenvalue weighted by Crippen LogP contribution is 2.37. The molecule has 2 aliphatic heterocycles. The number of fused-ring (bicyclic) bond motifs is 5. The van der Waals surface area contributed by atoms with E-state index in [1.165, 1.54) is 34.8 Å². The molecule has 2 amide bonds. The van der Waals surface area contributed by atoms with Crippen molar-refractivity contribution in [3.8, 4) is 24.1 Å². The van der Waals surface area contributed by atoms with Crippen molar-refractivity contribution < 1.29 is 33.7 Å². The van der Waals surface area contributed by atoms with Gasteiger partial charge in [-0.25, -0.2) is 9.59 Å². The van der Waals surface area contributed by atoms with E-state index in [1.54, 1.807) is 0 Å². The SMILES string of the molecule is C#C[C@@H]1C[C@H]2CCCCCn3c(nc4cc(O)ccc4c3=O)O[C@@H]3C[C@@H](C(=O)OC)N(C3)C(=O)[C@H](C(C)(C)C)NC(=O)O[C@@H]2C1. The number of hydrogen-bond acceptors (Lipinski definition) is 9. The number of ether oxygens (including phenoxy) is 3. The van der Waals surface area contributed by atoms with Crippen LogP contribution in [0.4, 0.5) is 4.79 Å². The number of carbonyl (C=O) groups is 3. The monoisotopic (exact) mass is 622 g/mol. The van der Waals surface area contributed by atoms with Gasteiger partial charge in [0.1, 0.15) is 30.0 Å². The molecule has 0 spiro atoms. The number of rotatable bonds is 1. The van der Waals surface area contributed by atoms with Crippen LogP contribution in [-0.2, 0) is 25.6 Å². The quantitative estimate of drug-likeness (QED) is 0.361. The molecule has 1 aromatic carbocycles. The predicted octanol–water partition coefficient (Wildman–Crippen LogP) is 3.37. The van der Waals surface area contributed by atoms with Gasteiger partial charge in [-0.05, 0) is 49.1 Å². The number of carbonyl (C=O) groups excluding carboxylic acids is 3. The van der Waals surface area contributed by atoms with Crippen molar-refractivity contribution >= 4 is 28.9 Å². The maximum Gasteiger partial charge on any atom is 0.408 e. The summed E-state index contributed by atoms with van der Waals surface area (Å²) < 4.78 is 18.7. The van der Waals surface area contributed by atoms with Gasteiger partial charge in [0, 0.05) is 24.9 Å². The number of aromatic hydroxyl groups is 1. The van der Waals surface area contributed by atoms with Crippen LogP contribution in [0.2, 0.25) is 0 Å². The van der Waals surface area contributed by atoms with Gasteiger partial charge in [-0.3, -0.25) is 14.2 Å². The Morgan fingerprint density at radius 1 is 1.13 bits per heavy atom. The average Bonchev–Trinajstić information content (AvgIpc) is 3.59. The van der Waals surface area contributed by atoms with E-state index in [2.05, 4.69) is 16.2 Å². The molecular weight excluding hydrogens is 580 g/mol. The van der Waals surface area contributed by atoms with Crippen LogP contribution in [0.3, 0.4) is 0 Å². The summed E-state index contributed by atoms with van der Waals surface area (Å²) in [5, 5.41) is 13.2. The van der Waals surface area contributed by atoms with E-state index < -0.39 is 41.6 Å². The number of phenolic OH excluding ortho intramolecular Hbond substituents is 1. The van der Waals surface area contributed by atoms with Gasteiger partial charge in [0.25, 0.3) is 11.6 Å². The van der Waals surface area contributed by atoms with Crippen LogP contribution in [0.15, 0.2) is 23.0 Å². The normalized spacial score (nSPS) is 28.0. The summed E-state index contributed by atoms with van der Waals surface area (Å²) in [4.78, 5) is 59.9. The molecule has 3 aliphatic rings. The lowest BCUT2D eigenvalue weighted by Gasteiger charge is -2.35. The number of aromatic nitrogens is 2. The van der Waals surface area contributed by atoms with Crippen LogP contribution in [0.5, 0.6) is 11.8 Å². The third-order valence-corrected chi connectivity index (χ3v) is 9.15. The van der Waals surface area contributed by atoms with Crippen LogP contribution in [0, 0.1) is 29.6 Å². The minimum Gasteiger partial charge on any atom is -0.508 e. The highest BCUT2D eigenvalue weighted by molar-refractivity contribution is 5.91. The molecule has 2 bridgehead atoms. The minimum absolute atomic E-state index is 0.00861. The zero-order valence-electron chi connectivity index (χ0n) is 26.3. The highest BCUT2D eigenvalue weighted by atomic mass is 16.6. The zero-order chi connectivity index (χ0) is 32.5. The molecule has 2 N–H and O–H groups in total. The number of alkyl carbamates (subject to hydrolysis) is 1. The molecule has 2 aromatic rings. The second kappa shape index (κ2) is 13.0. The van der Waals surface area contributed by atoms with E-state index in [9.17, 15) is 24.3 Å². The molecule has 6 atom stereocenters. The molecule has 5 rings (SSSR count). The van der Waals surface area contributed by atoms with Crippen LogP contribution in [-0.4, -0.2) is 75.5 Å². The fourth-order valence-corrected chi connectivity index (χ4v) is 6.74. The van der Waals surface area contributed by atoms with Crippen LogP contribution in [0.25, 0.3) is 10.9 Å². The summed E-state index contributed by atoms with van der Waals surface area (Å²) in [5.74, 6) is 1.71. The molecule has 242 valence electrons. The number of terminal acetylenes is 1. The van der Waals surface area contributed by atoms with E-state index in [1.807, 2.05) is 20.8 Å². The first-order chi connectivity index (χ1) is 21.4. The summed E-state index contributed by atoms with van der Waals surface area (Å²) in [6, 6.07) is 2.40. The molecule has 12 heteroatoms. The van der Waals surface area contributed by atoms with E-state index in [0.717, 1.165) is 25.7 Å². The maximum atomic E-state index is 14.1. The molecular formula is C33H42N4O8. The first-order valence-corrected chi connectivity index (χ1v) is 15.6. The first kappa shape index (κ1) is 32.1.